The summed E-state index contributed by atoms with van der Waals surface area (Å²) in [5.41, 5.74) is 1.17. The number of likely N-dealkylation sites (tertiary alicyclic amines) is 1. The average Bonchev–Trinajstić information content (AvgIpc) is 2.54. The highest BCUT2D eigenvalue weighted by Crippen LogP contribution is 2.16. The number of hydrogen-bond donors (Lipinski definition) is 2. The summed E-state index contributed by atoms with van der Waals surface area (Å²) in [7, 11) is 0. The fraction of sp³-hybridized carbons (Fsp3) is 0.562. The van der Waals surface area contributed by atoms with Crippen LogP contribution >= 0.6 is 0 Å². The summed E-state index contributed by atoms with van der Waals surface area (Å²) in [5, 5.41) is 12.5. The third-order valence-corrected chi connectivity index (χ3v) is 3.85. The lowest BCUT2D eigenvalue weighted by molar-refractivity contribution is -0.0202. The molecule has 1 aromatic rings. The van der Waals surface area contributed by atoms with Gasteiger partial charge in [-0.1, -0.05) is 30.3 Å². The Labute approximate surface area is 130 Å². The molecule has 1 saturated heterocycles. The Hall–Kier alpha value is -1.66. The average molecular weight is 310 g/mol. The molecule has 22 heavy (non-hydrogen) atoms. The van der Waals surface area contributed by atoms with Gasteiger partial charge in [0.05, 0.1) is 19.3 Å². The Bertz CT molecular complexity index is 458. The van der Waals surface area contributed by atoms with Crippen molar-refractivity contribution < 1.29 is 19.0 Å². The number of nitrogens with zero attached hydrogens (tertiary/aromatic N) is 1. The summed E-state index contributed by atoms with van der Waals surface area (Å²) in [5.74, 6) is 0. The molecule has 1 heterocycles. The van der Waals surface area contributed by atoms with E-state index in [0.29, 0.717) is 39.1 Å². The van der Waals surface area contributed by atoms with Gasteiger partial charge in [0.2, 0.25) is 0 Å². The fourth-order valence-electron chi connectivity index (χ4n) is 2.63. The van der Waals surface area contributed by atoms with Crippen molar-refractivity contribution in [3.8, 4) is 0 Å². The van der Waals surface area contributed by atoms with E-state index in [2.05, 4.69) is 5.32 Å². The maximum Gasteiger partial charge on any atom is 0.407 e. The van der Waals surface area contributed by atoms with Crippen LogP contribution in [0.25, 0.3) is 0 Å². The van der Waals surface area contributed by atoms with E-state index in [4.69, 9.17) is 9.84 Å². The van der Waals surface area contributed by atoms with E-state index in [0.717, 1.165) is 0 Å². The molecule has 2 atom stereocenters. The highest BCUT2D eigenvalue weighted by Gasteiger charge is 2.31. The number of alkyl halides is 1. The molecular formula is C16H23FN2O3. The van der Waals surface area contributed by atoms with Gasteiger partial charge in [0.1, 0.15) is 0 Å². The Kier molecular flexibility index (Phi) is 6.61. The van der Waals surface area contributed by atoms with E-state index in [9.17, 15) is 9.18 Å². The number of carboxylic acid groups (broad SMARTS) is 1. The van der Waals surface area contributed by atoms with E-state index in [1.54, 1.807) is 0 Å². The van der Waals surface area contributed by atoms with Gasteiger partial charge in [-0.15, -0.1) is 0 Å². The molecule has 0 aliphatic carbocycles. The molecule has 2 N–H and O–H groups in total. The summed E-state index contributed by atoms with van der Waals surface area (Å²) in [6.07, 6.45) is -0.130. The van der Waals surface area contributed by atoms with Crippen LogP contribution in [0.1, 0.15) is 18.4 Å². The number of benzene rings is 1. The van der Waals surface area contributed by atoms with Crippen molar-refractivity contribution >= 4 is 6.09 Å². The lowest BCUT2D eigenvalue weighted by Crippen LogP contribution is -2.54. The number of hydrogen-bond acceptors (Lipinski definition) is 3. The number of ether oxygens (including phenoxy) is 1. The monoisotopic (exact) mass is 310 g/mol. The van der Waals surface area contributed by atoms with Gasteiger partial charge in [-0.2, -0.15) is 0 Å². The number of halogens is 1. The van der Waals surface area contributed by atoms with Crippen LogP contribution in [-0.4, -0.2) is 54.6 Å². The van der Waals surface area contributed by atoms with Gasteiger partial charge in [-0.05, 0) is 18.4 Å². The zero-order valence-electron chi connectivity index (χ0n) is 12.6. The minimum absolute atomic E-state index is 0.0791. The van der Waals surface area contributed by atoms with Crippen LogP contribution in [0.4, 0.5) is 9.18 Å². The molecule has 6 heteroatoms. The van der Waals surface area contributed by atoms with Crippen LogP contribution < -0.4 is 5.32 Å². The molecule has 122 valence electrons. The van der Waals surface area contributed by atoms with Gasteiger partial charge in [0.25, 0.3) is 0 Å². The molecule has 2 rings (SSSR count). The Morgan fingerprint density at radius 1 is 1.41 bits per heavy atom. The molecule has 0 unspecified atom stereocenters. The standard InChI is InChI=1S/C16H23FN2O3/c17-8-4-10-22-15-12-19(16(20)21)9-7-14(15)18-11-13-5-2-1-3-6-13/h1-3,5-6,14-15,18H,4,7-12H2,(H,20,21)/t14-,15+/m1/s1. The van der Waals surface area contributed by atoms with Crippen LogP contribution in [0.3, 0.4) is 0 Å². The van der Waals surface area contributed by atoms with Crippen molar-refractivity contribution in [3.63, 3.8) is 0 Å². The molecule has 0 radical (unpaired) electrons. The first-order valence-corrected chi connectivity index (χ1v) is 7.63. The minimum Gasteiger partial charge on any atom is -0.465 e. The molecule has 1 fully saturated rings. The predicted molar refractivity (Wildman–Crippen MR) is 81.6 cm³/mol. The van der Waals surface area contributed by atoms with E-state index < -0.39 is 12.8 Å². The van der Waals surface area contributed by atoms with Gasteiger partial charge < -0.3 is 20.1 Å². The number of nitrogens with one attached hydrogen (secondary N) is 1. The van der Waals surface area contributed by atoms with Gasteiger partial charge in [-0.3, -0.25) is 4.39 Å². The van der Waals surface area contributed by atoms with Gasteiger partial charge in [-0.25, -0.2) is 4.79 Å². The van der Waals surface area contributed by atoms with Crippen molar-refractivity contribution in [2.24, 2.45) is 0 Å². The lowest BCUT2D eigenvalue weighted by Gasteiger charge is -2.37. The number of carbonyl (C=O) groups is 1. The van der Waals surface area contributed by atoms with Crippen LogP contribution in [0.2, 0.25) is 0 Å². The maximum atomic E-state index is 12.2. The summed E-state index contributed by atoms with van der Waals surface area (Å²) in [4.78, 5) is 12.5. The third-order valence-electron chi connectivity index (χ3n) is 3.85. The second-order valence-electron chi connectivity index (χ2n) is 5.44. The smallest absolute Gasteiger partial charge is 0.407 e. The van der Waals surface area contributed by atoms with Crippen molar-refractivity contribution in [3.05, 3.63) is 35.9 Å². The van der Waals surface area contributed by atoms with Crippen LogP contribution in [0, 0.1) is 0 Å². The van der Waals surface area contributed by atoms with Gasteiger partial charge in [0, 0.05) is 25.7 Å². The molecule has 1 amide bonds. The number of piperidine rings is 1. The molecule has 0 spiro atoms. The molecule has 1 aliphatic heterocycles. The van der Waals surface area contributed by atoms with Crippen LogP contribution in [0.15, 0.2) is 30.3 Å². The number of amides is 1. The molecule has 0 bridgehead atoms. The quantitative estimate of drug-likeness (QED) is 0.759. The van der Waals surface area contributed by atoms with Crippen molar-refractivity contribution in [1.29, 1.82) is 0 Å². The normalized spacial score (nSPS) is 21.8. The molecule has 0 saturated carbocycles. The van der Waals surface area contributed by atoms with Crippen molar-refractivity contribution in [2.75, 3.05) is 26.4 Å². The zero-order chi connectivity index (χ0) is 15.8. The molecule has 0 aromatic heterocycles. The topological polar surface area (TPSA) is 61.8 Å². The van der Waals surface area contributed by atoms with Crippen molar-refractivity contribution in [1.82, 2.24) is 10.2 Å². The highest BCUT2D eigenvalue weighted by molar-refractivity contribution is 5.65. The van der Waals surface area contributed by atoms with E-state index in [1.165, 1.54) is 10.5 Å². The fourth-order valence-corrected chi connectivity index (χ4v) is 2.63. The largest absolute Gasteiger partial charge is 0.465 e. The van der Waals surface area contributed by atoms with Crippen LogP contribution in [-0.2, 0) is 11.3 Å². The SMILES string of the molecule is O=C(O)N1CC[C@@H](NCc2ccccc2)[C@@H](OCCCF)C1. The molecule has 1 aromatic carbocycles. The first kappa shape index (κ1) is 16.7. The Morgan fingerprint density at radius 2 is 2.18 bits per heavy atom. The minimum atomic E-state index is -0.930. The Morgan fingerprint density at radius 3 is 2.86 bits per heavy atom. The summed E-state index contributed by atoms with van der Waals surface area (Å²) in [6.45, 7) is 1.43. The summed E-state index contributed by atoms with van der Waals surface area (Å²) < 4.78 is 17.9. The summed E-state index contributed by atoms with van der Waals surface area (Å²) >= 11 is 0. The third kappa shape index (κ3) is 4.96. The first-order chi connectivity index (χ1) is 10.7. The van der Waals surface area contributed by atoms with E-state index in [1.807, 2.05) is 30.3 Å². The van der Waals surface area contributed by atoms with E-state index in [-0.39, 0.29) is 12.1 Å². The van der Waals surface area contributed by atoms with Crippen molar-refractivity contribution in [2.45, 2.75) is 31.5 Å². The van der Waals surface area contributed by atoms with Crippen LogP contribution in [0.5, 0.6) is 0 Å². The summed E-state index contributed by atoms with van der Waals surface area (Å²) in [6, 6.07) is 10.1. The second kappa shape index (κ2) is 8.70. The number of rotatable bonds is 7. The molecular weight excluding hydrogens is 287 g/mol. The predicted octanol–water partition coefficient (Wildman–Crippen LogP) is 2.27. The maximum absolute atomic E-state index is 12.2. The zero-order valence-corrected chi connectivity index (χ0v) is 12.6. The Balaban J connectivity index is 1.89. The van der Waals surface area contributed by atoms with Gasteiger partial charge >= 0.3 is 6.09 Å². The highest BCUT2D eigenvalue weighted by atomic mass is 19.1. The second-order valence-corrected chi connectivity index (χ2v) is 5.44. The molecule has 5 nitrogen and oxygen atoms in total. The van der Waals surface area contributed by atoms with Gasteiger partial charge in [0.15, 0.2) is 0 Å². The van der Waals surface area contributed by atoms with E-state index >= 15 is 0 Å². The lowest BCUT2D eigenvalue weighted by atomic mass is 10.0. The molecule has 1 aliphatic rings. The first-order valence-electron chi connectivity index (χ1n) is 7.63.